The molecule has 1 aliphatic heterocycles. The average Bonchev–Trinajstić information content (AvgIpc) is 2.40. The number of thioether (sulfide) groups is 1. The van der Waals surface area contributed by atoms with Crippen LogP contribution in [0, 0.1) is 5.92 Å². The summed E-state index contributed by atoms with van der Waals surface area (Å²) in [7, 11) is 0. The third kappa shape index (κ3) is 4.21. The first kappa shape index (κ1) is 13.8. The number of hydrogen-bond acceptors (Lipinski definition) is 2. The first-order chi connectivity index (χ1) is 8.75. The molecule has 1 fully saturated rings. The van der Waals surface area contributed by atoms with Gasteiger partial charge in [0.15, 0.2) is 0 Å². The number of carbonyl (C=O) groups excluding carboxylic acids is 1. The van der Waals surface area contributed by atoms with Crippen molar-refractivity contribution in [1.29, 1.82) is 0 Å². The highest BCUT2D eigenvalue weighted by Gasteiger charge is 2.20. The van der Waals surface area contributed by atoms with E-state index in [2.05, 4.69) is 5.32 Å². The number of benzene rings is 1. The minimum atomic E-state index is 0.211. The van der Waals surface area contributed by atoms with Gasteiger partial charge in [-0.25, -0.2) is 0 Å². The molecule has 1 atom stereocenters. The molecule has 0 aliphatic carbocycles. The summed E-state index contributed by atoms with van der Waals surface area (Å²) in [5.41, 5.74) is 1.17. The average molecular weight is 284 g/mol. The van der Waals surface area contributed by atoms with Crippen molar-refractivity contribution < 1.29 is 4.79 Å². The van der Waals surface area contributed by atoms with Crippen LogP contribution >= 0.6 is 23.4 Å². The Balaban J connectivity index is 1.73. The lowest BCUT2D eigenvalue weighted by Crippen LogP contribution is -2.34. The van der Waals surface area contributed by atoms with Crippen LogP contribution in [-0.2, 0) is 11.2 Å². The predicted molar refractivity (Wildman–Crippen MR) is 78.2 cm³/mol. The van der Waals surface area contributed by atoms with E-state index < -0.39 is 0 Å². The van der Waals surface area contributed by atoms with Crippen LogP contribution in [0.1, 0.15) is 18.4 Å². The maximum Gasteiger partial charge on any atom is 0.223 e. The molecule has 18 heavy (non-hydrogen) atoms. The molecule has 0 saturated carbocycles. The first-order valence-electron chi connectivity index (χ1n) is 6.35. The van der Waals surface area contributed by atoms with Gasteiger partial charge < -0.3 is 5.32 Å². The zero-order valence-electron chi connectivity index (χ0n) is 10.3. The van der Waals surface area contributed by atoms with Gasteiger partial charge in [0, 0.05) is 23.2 Å². The Labute approximate surface area is 117 Å². The normalized spacial score (nSPS) is 19.5. The molecule has 1 unspecified atom stereocenters. The quantitative estimate of drug-likeness (QED) is 0.920. The van der Waals surface area contributed by atoms with Crippen molar-refractivity contribution in [2.24, 2.45) is 5.92 Å². The molecule has 0 radical (unpaired) electrons. The Hall–Kier alpha value is -0.670. The third-order valence-electron chi connectivity index (χ3n) is 3.13. The van der Waals surface area contributed by atoms with Crippen LogP contribution in [0.5, 0.6) is 0 Å². The lowest BCUT2D eigenvalue weighted by molar-refractivity contribution is -0.124. The van der Waals surface area contributed by atoms with Crippen molar-refractivity contribution >= 4 is 29.3 Å². The summed E-state index contributed by atoms with van der Waals surface area (Å²) in [4.78, 5) is 11.9. The molecular weight excluding hydrogens is 266 g/mol. The van der Waals surface area contributed by atoms with Gasteiger partial charge in [-0.3, -0.25) is 4.79 Å². The topological polar surface area (TPSA) is 29.1 Å². The molecule has 98 valence electrons. The highest BCUT2D eigenvalue weighted by atomic mass is 35.5. The smallest absolute Gasteiger partial charge is 0.223 e. The Bertz CT molecular complexity index is 405. The van der Waals surface area contributed by atoms with E-state index in [4.69, 9.17) is 11.6 Å². The second kappa shape index (κ2) is 7.05. The van der Waals surface area contributed by atoms with Gasteiger partial charge in [-0.2, -0.15) is 11.8 Å². The van der Waals surface area contributed by atoms with Crippen molar-refractivity contribution in [2.75, 3.05) is 18.1 Å². The fraction of sp³-hybridized carbons (Fsp3) is 0.500. The van der Waals surface area contributed by atoms with Gasteiger partial charge in [0.2, 0.25) is 5.91 Å². The Kier molecular flexibility index (Phi) is 5.39. The van der Waals surface area contributed by atoms with Crippen LogP contribution < -0.4 is 5.32 Å². The molecule has 4 heteroatoms. The van der Waals surface area contributed by atoms with Crippen LogP contribution in [0.4, 0.5) is 0 Å². The van der Waals surface area contributed by atoms with Crippen LogP contribution in [0.25, 0.3) is 0 Å². The number of hydrogen-bond donors (Lipinski definition) is 1. The Morgan fingerprint density at radius 1 is 1.50 bits per heavy atom. The molecular formula is C14H18ClNOS. The van der Waals surface area contributed by atoms with Crippen LogP contribution in [-0.4, -0.2) is 24.0 Å². The molecule has 1 N–H and O–H groups in total. The molecule has 1 aromatic rings. The number of amides is 1. The molecule has 1 heterocycles. The minimum Gasteiger partial charge on any atom is -0.356 e. The van der Waals surface area contributed by atoms with Crippen molar-refractivity contribution in [2.45, 2.75) is 19.3 Å². The van der Waals surface area contributed by atoms with E-state index in [0.29, 0.717) is 6.54 Å². The largest absolute Gasteiger partial charge is 0.356 e. The van der Waals surface area contributed by atoms with Crippen LogP contribution in [0.15, 0.2) is 24.3 Å². The molecule has 2 nitrogen and oxygen atoms in total. The molecule has 0 spiro atoms. The van der Waals surface area contributed by atoms with Crippen molar-refractivity contribution in [1.82, 2.24) is 5.32 Å². The van der Waals surface area contributed by atoms with Gasteiger partial charge in [0.05, 0.1) is 0 Å². The Morgan fingerprint density at radius 3 is 3.11 bits per heavy atom. The van der Waals surface area contributed by atoms with Gasteiger partial charge in [-0.1, -0.05) is 23.7 Å². The predicted octanol–water partition coefficient (Wildman–Crippen LogP) is 3.14. The monoisotopic (exact) mass is 283 g/mol. The summed E-state index contributed by atoms with van der Waals surface area (Å²) in [5.74, 6) is 2.60. The SMILES string of the molecule is O=C(NCCc1cccc(Cl)c1)C1CCCSC1. The minimum absolute atomic E-state index is 0.211. The summed E-state index contributed by atoms with van der Waals surface area (Å²) >= 11 is 7.80. The van der Waals surface area contributed by atoms with Crippen LogP contribution in [0.2, 0.25) is 5.02 Å². The molecule has 0 aromatic heterocycles. The van der Waals surface area contributed by atoms with E-state index >= 15 is 0 Å². The number of nitrogens with one attached hydrogen (secondary N) is 1. The summed E-state index contributed by atoms with van der Waals surface area (Å²) in [5, 5.41) is 3.78. The van der Waals surface area contributed by atoms with E-state index in [-0.39, 0.29) is 11.8 Å². The van der Waals surface area contributed by atoms with Gasteiger partial charge in [0.1, 0.15) is 0 Å². The van der Waals surface area contributed by atoms with Crippen LogP contribution in [0.3, 0.4) is 0 Å². The second-order valence-corrected chi connectivity index (χ2v) is 6.17. The van der Waals surface area contributed by atoms with Crippen molar-refractivity contribution in [3.8, 4) is 0 Å². The zero-order valence-corrected chi connectivity index (χ0v) is 11.9. The zero-order chi connectivity index (χ0) is 12.8. The highest BCUT2D eigenvalue weighted by molar-refractivity contribution is 7.99. The van der Waals surface area contributed by atoms with E-state index in [1.807, 2.05) is 36.0 Å². The molecule has 1 amide bonds. The fourth-order valence-corrected chi connectivity index (χ4v) is 3.47. The molecule has 1 aliphatic rings. The van der Waals surface area contributed by atoms with E-state index in [1.165, 1.54) is 11.3 Å². The molecule has 1 aromatic carbocycles. The molecule has 0 bridgehead atoms. The maximum atomic E-state index is 11.9. The summed E-state index contributed by atoms with van der Waals surface area (Å²) in [6.07, 6.45) is 3.04. The fourth-order valence-electron chi connectivity index (χ4n) is 2.11. The highest BCUT2D eigenvalue weighted by Crippen LogP contribution is 2.22. The standard InChI is InChI=1S/C14H18ClNOS/c15-13-5-1-3-11(9-13)6-7-16-14(17)12-4-2-8-18-10-12/h1,3,5,9,12H,2,4,6-8,10H2,(H,16,17). The number of carbonyl (C=O) groups is 1. The van der Waals surface area contributed by atoms with E-state index in [0.717, 1.165) is 30.0 Å². The second-order valence-electron chi connectivity index (χ2n) is 4.59. The molecule has 2 rings (SSSR count). The third-order valence-corrected chi connectivity index (χ3v) is 4.58. The van der Waals surface area contributed by atoms with Gasteiger partial charge in [-0.15, -0.1) is 0 Å². The van der Waals surface area contributed by atoms with E-state index in [9.17, 15) is 4.79 Å². The lowest BCUT2D eigenvalue weighted by atomic mass is 10.0. The van der Waals surface area contributed by atoms with Crippen molar-refractivity contribution in [3.05, 3.63) is 34.9 Å². The lowest BCUT2D eigenvalue weighted by Gasteiger charge is -2.20. The Morgan fingerprint density at radius 2 is 2.39 bits per heavy atom. The van der Waals surface area contributed by atoms with Gasteiger partial charge >= 0.3 is 0 Å². The maximum absolute atomic E-state index is 11.9. The molecule has 1 saturated heterocycles. The van der Waals surface area contributed by atoms with Gasteiger partial charge in [0.25, 0.3) is 0 Å². The van der Waals surface area contributed by atoms with E-state index in [1.54, 1.807) is 0 Å². The summed E-state index contributed by atoms with van der Waals surface area (Å²) in [6, 6.07) is 7.79. The first-order valence-corrected chi connectivity index (χ1v) is 7.89. The summed E-state index contributed by atoms with van der Waals surface area (Å²) < 4.78 is 0. The number of rotatable bonds is 4. The van der Waals surface area contributed by atoms with Gasteiger partial charge in [-0.05, 0) is 42.7 Å². The van der Waals surface area contributed by atoms with Crippen molar-refractivity contribution in [3.63, 3.8) is 0 Å². The summed E-state index contributed by atoms with van der Waals surface area (Å²) in [6.45, 7) is 0.695. The number of halogens is 1.